The third-order valence-electron chi connectivity index (χ3n) is 4.66. The molecule has 0 amide bonds. The molecule has 3 nitrogen and oxygen atoms in total. The zero-order valence-electron chi connectivity index (χ0n) is 12.0. The molecule has 2 bridgehead atoms. The smallest absolute Gasteiger partial charge is 0.169 e. The van der Waals surface area contributed by atoms with E-state index in [2.05, 4.69) is 16.9 Å². The minimum Gasteiger partial charge on any atom is -0.294 e. The van der Waals surface area contributed by atoms with E-state index in [0.29, 0.717) is 5.78 Å². The van der Waals surface area contributed by atoms with Crippen LogP contribution in [0.25, 0.3) is 0 Å². The molecule has 0 radical (unpaired) electrons. The molecule has 2 aliphatic rings. The van der Waals surface area contributed by atoms with Crippen LogP contribution in [0.2, 0.25) is 0 Å². The molecule has 2 unspecified atom stereocenters. The van der Waals surface area contributed by atoms with Gasteiger partial charge >= 0.3 is 0 Å². The Kier molecular flexibility index (Phi) is 3.46. The molecular weight excluding hydrogens is 256 g/mol. The normalized spacial score (nSPS) is 30.4. The summed E-state index contributed by atoms with van der Waals surface area (Å²) in [6, 6.07) is 0. The summed E-state index contributed by atoms with van der Waals surface area (Å²) in [5.74, 6) is 0.582. The lowest BCUT2D eigenvalue weighted by atomic mass is 9.84. The fraction of sp³-hybridized carbons (Fsp3) is 0.733. The van der Waals surface area contributed by atoms with Crippen molar-refractivity contribution in [3.8, 4) is 0 Å². The molecule has 2 aliphatic heterocycles. The fourth-order valence-corrected chi connectivity index (χ4v) is 5.44. The number of carbonyl (C=O) groups excluding carboxylic acids is 1. The zero-order valence-corrected chi connectivity index (χ0v) is 12.8. The van der Waals surface area contributed by atoms with E-state index >= 15 is 0 Å². The molecule has 2 fully saturated rings. The molecule has 0 spiro atoms. The summed E-state index contributed by atoms with van der Waals surface area (Å²) >= 11 is 2.13. The van der Waals surface area contributed by atoms with Gasteiger partial charge < -0.3 is 0 Å². The molecule has 104 valence electrons. The highest BCUT2D eigenvalue weighted by Gasteiger charge is 2.37. The molecule has 1 aromatic rings. The summed E-state index contributed by atoms with van der Waals surface area (Å²) in [4.78, 5) is 12.8. The van der Waals surface area contributed by atoms with E-state index in [0.717, 1.165) is 40.3 Å². The summed E-state index contributed by atoms with van der Waals surface area (Å²) in [7, 11) is 1.92. The van der Waals surface area contributed by atoms with Crippen LogP contribution in [0.1, 0.15) is 53.8 Å². The van der Waals surface area contributed by atoms with Crippen LogP contribution in [0.15, 0.2) is 0 Å². The summed E-state index contributed by atoms with van der Waals surface area (Å²) < 4.78 is 1.83. The van der Waals surface area contributed by atoms with Gasteiger partial charge in [0, 0.05) is 29.2 Å². The summed E-state index contributed by atoms with van der Waals surface area (Å²) in [6.45, 7) is 3.96. The third kappa shape index (κ3) is 2.35. The van der Waals surface area contributed by atoms with Gasteiger partial charge in [0.05, 0.1) is 11.3 Å². The Morgan fingerprint density at radius 2 is 1.89 bits per heavy atom. The molecule has 4 heteroatoms. The van der Waals surface area contributed by atoms with Gasteiger partial charge in [-0.15, -0.1) is 0 Å². The molecule has 2 saturated heterocycles. The molecule has 2 atom stereocenters. The van der Waals surface area contributed by atoms with Gasteiger partial charge in [-0.25, -0.2) is 0 Å². The second kappa shape index (κ2) is 4.97. The average Bonchev–Trinajstić information content (AvgIpc) is 2.62. The van der Waals surface area contributed by atoms with Crippen LogP contribution in [-0.2, 0) is 7.05 Å². The summed E-state index contributed by atoms with van der Waals surface area (Å²) in [5.41, 5.74) is 2.80. The lowest BCUT2D eigenvalue weighted by Crippen LogP contribution is -2.33. The maximum atomic E-state index is 12.8. The van der Waals surface area contributed by atoms with Gasteiger partial charge in [-0.05, 0) is 39.5 Å². The van der Waals surface area contributed by atoms with Crippen LogP contribution in [0.4, 0.5) is 0 Å². The van der Waals surface area contributed by atoms with E-state index in [4.69, 9.17) is 0 Å². The number of fused-ring (bicyclic) bond motifs is 2. The fourth-order valence-electron chi connectivity index (χ4n) is 3.61. The number of rotatable bonds is 2. The van der Waals surface area contributed by atoms with Gasteiger partial charge in [-0.3, -0.25) is 9.48 Å². The minimum absolute atomic E-state index is 0.234. The van der Waals surface area contributed by atoms with Gasteiger partial charge in [-0.2, -0.15) is 16.9 Å². The first kappa shape index (κ1) is 13.2. The third-order valence-corrected chi connectivity index (χ3v) is 6.28. The van der Waals surface area contributed by atoms with Gasteiger partial charge in [0.15, 0.2) is 5.78 Å². The molecule has 3 rings (SSSR count). The Hall–Kier alpha value is -0.770. The van der Waals surface area contributed by atoms with Crippen molar-refractivity contribution in [1.29, 1.82) is 0 Å². The van der Waals surface area contributed by atoms with E-state index in [1.165, 1.54) is 19.3 Å². The Bertz CT molecular complexity index is 496. The highest BCUT2D eigenvalue weighted by atomic mass is 32.2. The van der Waals surface area contributed by atoms with Crippen LogP contribution >= 0.6 is 11.8 Å². The number of Topliss-reactive ketones (excluding diaryl/α,β-unsaturated/α-hetero) is 1. The highest BCUT2D eigenvalue weighted by Crippen LogP contribution is 2.44. The summed E-state index contributed by atoms with van der Waals surface area (Å²) in [6.07, 6.45) is 6.11. The zero-order chi connectivity index (χ0) is 13.6. The van der Waals surface area contributed by atoms with Crippen molar-refractivity contribution < 1.29 is 4.79 Å². The van der Waals surface area contributed by atoms with Crippen molar-refractivity contribution in [2.45, 2.75) is 56.5 Å². The van der Waals surface area contributed by atoms with Crippen molar-refractivity contribution in [3.05, 3.63) is 17.0 Å². The molecule has 0 N–H and O–H groups in total. The minimum atomic E-state index is 0.234. The quantitative estimate of drug-likeness (QED) is 0.779. The number of aryl methyl sites for hydroxylation is 2. The molecular formula is C15H22N2OS. The van der Waals surface area contributed by atoms with Crippen molar-refractivity contribution in [2.75, 3.05) is 0 Å². The highest BCUT2D eigenvalue weighted by molar-refractivity contribution is 8.00. The number of hydrogen-bond acceptors (Lipinski definition) is 3. The molecule has 19 heavy (non-hydrogen) atoms. The van der Waals surface area contributed by atoms with E-state index in [1.807, 2.05) is 25.6 Å². The summed E-state index contributed by atoms with van der Waals surface area (Å²) in [5, 5.41) is 5.83. The monoisotopic (exact) mass is 278 g/mol. The van der Waals surface area contributed by atoms with Crippen molar-refractivity contribution in [2.24, 2.45) is 13.0 Å². The Labute approximate surface area is 119 Å². The van der Waals surface area contributed by atoms with E-state index < -0.39 is 0 Å². The number of nitrogens with zero attached hydrogens (tertiary/aromatic N) is 2. The van der Waals surface area contributed by atoms with Gasteiger partial charge in [0.2, 0.25) is 0 Å². The molecule has 0 aliphatic carbocycles. The average molecular weight is 278 g/mol. The standard InChI is InChI=1S/C15H22N2OS/c1-9-14(10(2)17(3)16-9)15(18)11-7-12-5-4-6-13(8-11)19-12/h11-13H,4-8H2,1-3H3. The van der Waals surface area contributed by atoms with Gasteiger partial charge in [0.25, 0.3) is 0 Å². The number of thioether (sulfide) groups is 1. The van der Waals surface area contributed by atoms with Crippen LogP contribution in [-0.4, -0.2) is 26.1 Å². The maximum Gasteiger partial charge on any atom is 0.169 e. The van der Waals surface area contributed by atoms with Crippen LogP contribution in [0.3, 0.4) is 0 Å². The number of carbonyl (C=O) groups is 1. The SMILES string of the molecule is Cc1nn(C)c(C)c1C(=O)C1CC2CCCC(C1)S2. The molecule has 3 heterocycles. The second-order valence-corrected chi connectivity index (χ2v) is 7.62. The van der Waals surface area contributed by atoms with Gasteiger partial charge in [-0.1, -0.05) is 6.42 Å². The van der Waals surface area contributed by atoms with E-state index in [-0.39, 0.29) is 5.92 Å². The Morgan fingerprint density at radius 1 is 1.26 bits per heavy atom. The molecule has 0 saturated carbocycles. The van der Waals surface area contributed by atoms with Crippen molar-refractivity contribution in [1.82, 2.24) is 9.78 Å². The molecule has 0 aromatic carbocycles. The lowest BCUT2D eigenvalue weighted by molar-refractivity contribution is 0.0895. The van der Waals surface area contributed by atoms with E-state index in [1.54, 1.807) is 0 Å². The van der Waals surface area contributed by atoms with Crippen LogP contribution in [0.5, 0.6) is 0 Å². The Balaban J connectivity index is 1.84. The number of ketones is 1. The maximum absolute atomic E-state index is 12.8. The van der Waals surface area contributed by atoms with Gasteiger partial charge in [0.1, 0.15) is 0 Å². The predicted octanol–water partition coefficient (Wildman–Crippen LogP) is 3.28. The first-order valence-corrected chi connectivity index (χ1v) is 8.20. The number of hydrogen-bond donors (Lipinski definition) is 0. The van der Waals surface area contributed by atoms with Crippen molar-refractivity contribution >= 4 is 17.5 Å². The first-order valence-electron chi connectivity index (χ1n) is 7.26. The Morgan fingerprint density at radius 3 is 2.42 bits per heavy atom. The second-order valence-electron chi connectivity index (χ2n) is 6.01. The van der Waals surface area contributed by atoms with E-state index in [9.17, 15) is 4.79 Å². The topological polar surface area (TPSA) is 34.9 Å². The molecule has 1 aromatic heterocycles. The predicted molar refractivity (Wildman–Crippen MR) is 78.8 cm³/mol. The largest absolute Gasteiger partial charge is 0.294 e. The number of aromatic nitrogens is 2. The first-order chi connectivity index (χ1) is 9.06. The van der Waals surface area contributed by atoms with Crippen LogP contribution in [0, 0.1) is 19.8 Å². The van der Waals surface area contributed by atoms with Crippen molar-refractivity contribution in [3.63, 3.8) is 0 Å². The lowest BCUT2D eigenvalue weighted by Gasteiger charge is -2.37. The van der Waals surface area contributed by atoms with Crippen LogP contribution < -0.4 is 0 Å².